The van der Waals surface area contributed by atoms with E-state index in [0.29, 0.717) is 24.3 Å². The van der Waals surface area contributed by atoms with Crippen molar-refractivity contribution in [1.82, 2.24) is 0 Å². The van der Waals surface area contributed by atoms with Gasteiger partial charge < -0.3 is 9.84 Å². The van der Waals surface area contributed by atoms with Gasteiger partial charge in [0.05, 0.1) is 12.7 Å². The second-order valence-electron chi connectivity index (χ2n) is 10.7. The first-order valence-corrected chi connectivity index (χ1v) is 12.0. The second kappa shape index (κ2) is 8.67. The smallest absolute Gasteiger partial charge is 0.459 e. The molecule has 0 heterocycles. The number of allylic oxidation sites excluding steroid dienone is 1. The summed E-state index contributed by atoms with van der Waals surface area (Å²) < 4.78 is 95.9. The molecule has 5 atom stereocenters. The van der Waals surface area contributed by atoms with Crippen molar-refractivity contribution in [3.05, 3.63) is 41.5 Å². The molecule has 3 aliphatic carbocycles. The van der Waals surface area contributed by atoms with Gasteiger partial charge in [-0.25, -0.2) is 0 Å². The molecular weight excluding hydrogens is 477 g/mol. The molecule has 2 fully saturated rings. The number of benzene rings is 1. The maximum absolute atomic E-state index is 13.6. The van der Waals surface area contributed by atoms with Gasteiger partial charge >= 0.3 is 18.0 Å². The van der Waals surface area contributed by atoms with Crippen LogP contribution in [-0.4, -0.2) is 35.8 Å². The van der Waals surface area contributed by atoms with Crippen LogP contribution in [0.1, 0.15) is 68.9 Å². The van der Waals surface area contributed by atoms with Crippen molar-refractivity contribution < 1.29 is 40.6 Å². The lowest BCUT2D eigenvalue weighted by Crippen LogP contribution is -2.51. The summed E-state index contributed by atoms with van der Waals surface area (Å²) in [6.45, 7) is 2.00. The van der Waals surface area contributed by atoms with Crippen LogP contribution in [0, 0.1) is 17.3 Å². The van der Waals surface area contributed by atoms with Crippen molar-refractivity contribution >= 4 is 0 Å². The zero-order chi connectivity index (χ0) is 25.9. The first-order chi connectivity index (χ1) is 16.2. The molecule has 196 valence electrons. The summed E-state index contributed by atoms with van der Waals surface area (Å²) in [6, 6.07) is 6.16. The van der Waals surface area contributed by atoms with Crippen LogP contribution in [-0.2, 0) is 6.42 Å². The van der Waals surface area contributed by atoms with Crippen molar-refractivity contribution in [1.29, 1.82) is 0 Å². The van der Waals surface area contributed by atoms with Crippen molar-refractivity contribution in [2.24, 2.45) is 17.3 Å². The number of fused-ring (bicyclic) bond motifs is 5. The van der Waals surface area contributed by atoms with Gasteiger partial charge in [0, 0.05) is 6.42 Å². The Kier molecular flexibility index (Phi) is 6.51. The summed E-state index contributed by atoms with van der Waals surface area (Å²) in [5.41, 5.74) is 0.886. The van der Waals surface area contributed by atoms with Crippen LogP contribution in [0.25, 0.3) is 0 Å². The van der Waals surface area contributed by atoms with Gasteiger partial charge in [0.25, 0.3) is 0 Å². The Morgan fingerprint density at radius 1 is 1.03 bits per heavy atom. The van der Waals surface area contributed by atoms with Crippen LogP contribution in [0.15, 0.2) is 30.4 Å². The maximum Gasteiger partial charge on any atom is 0.459 e. The molecule has 0 aromatic heterocycles. The zero-order valence-electron chi connectivity index (χ0n) is 19.8. The fourth-order valence-electron chi connectivity index (χ4n) is 6.98. The minimum absolute atomic E-state index is 0.0567. The van der Waals surface area contributed by atoms with E-state index in [1.165, 1.54) is 11.1 Å². The van der Waals surface area contributed by atoms with E-state index in [2.05, 4.69) is 12.1 Å². The fourth-order valence-corrected chi connectivity index (χ4v) is 6.98. The van der Waals surface area contributed by atoms with Crippen molar-refractivity contribution in [3.63, 3.8) is 0 Å². The average molecular weight is 509 g/mol. The highest BCUT2D eigenvalue weighted by Crippen LogP contribution is 2.65. The topological polar surface area (TPSA) is 29.5 Å². The van der Waals surface area contributed by atoms with E-state index in [4.69, 9.17) is 4.74 Å². The van der Waals surface area contributed by atoms with Crippen LogP contribution in [0.5, 0.6) is 5.75 Å². The van der Waals surface area contributed by atoms with E-state index < -0.39 is 35.5 Å². The number of rotatable bonds is 6. The predicted octanol–water partition coefficient (Wildman–Crippen LogP) is 7.45. The molecule has 0 amide bonds. The summed E-state index contributed by atoms with van der Waals surface area (Å²) in [7, 11) is 1.64. The number of hydrogen-bond acceptors (Lipinski definition) is 2. The fraction of sp³-hybridized carbons (Fsp3) is 0.692. The van der Waals surface area contributed by atoms with Crippen LogP contribution in [0.2, 0.25) is 0 Å². The maximum atomic E-state index is 13.6. The molecule has 0 aliphatic heterocycles. The van der Waals surface area contributed by atoms with E-state index in [1.807, 2.05) is 13.0 Å². The standard InChI is InChI=1S/C26H31F7O2/c1-22-13-9-19-18-8-6-17(35-2)15-16(18)5-7-20(19)21(22)10-14-23(22,34)11-3-4-12-24(27,28)25(29,30)26(31,32)33/h3-4,6,8,15,19-21,34H,5,7,9-14H2,1-2H3/b4-3+/t19-,20-,21+,22+,23+/m1/s1. The first-order valence-electron chi connectivity index (χ1n) is 12.0. The van der Waals surface area contributed by atoms with Crippen molar-refractivity contribution in [2.75, 3.05) is 7.11 Å². The molecule has 0 radical (unpaired) electrons. The molecule has 35 heavy (non-hydrogen) atoms. The molecule has 2 nitrogen and oxygen atoms in total. The lowest BCUT2D eigenvalue weighted by atomic mass is 9.53. The lowest BCUT2D eigenvalue weighted by molar-refractivity contribution is -0.353. The molecular formula is C26H31F7O2. The van der Waals surface area contributed by atoms with E-state index in [-0.39, 0.29) is 12.3 Å². The largest absolute Gasteiger partial charge is 0.497 e. The van der Waals surface area contributed by atoms with Crippen LogP contribution >= 0.6 is 0 Å². The molecule has 1 aromatic rings. The molecule has 0 spiro atoms. The average Bonchev–Trinajstić information content (AvgIpc) is 3.06. The van der Waals surface area contributed by atoms with Gasteiger partial charge in [-0.3, -0.25) is 0 Å². The molecule has 0 unspecified atom stereocenters. The Hall–Kier alpha value is -1.77. The first kappa shape index (κ1) is 26.3. The van der Waals surface area contributed by atoms with Crippen molar-refractivity contribution in [2.45, 2.75) is 87.8 Å². The summed E-state index contributed by atoms with van der Waals surface area (Å²) in [5.74, 6) is -9.62. The Labute approximate surface area is 200 Å². The zero-order valence-corrected chi connectivity index (χ0v) is 19.8. The summed E-state index contributed by atoms with van der Waals surface area (Å²) >= 11 is 0. The van der Waals surface area contributed by atoms with E-state index in [1.54, 1.807) is 7.11 Å². The van der Waals surface area contributed by atoms with E-state index in [9.17, 15) is 35.8 Å². The van der Waals surface area contributed by atoms with Gasteiger partial charge in [-0.1, -0.05) is 25.1 Å². The molecule has 1 aromatic carbocycles. The number of methoxy groups -OCH3 is 1. The van der Waals surface area contributed by atoms with E-state index in [0.717, 1.165) is 43.9 Å². The number of halogens is 7. The van der Waals surface area contributed by atoms with Gasteiger partial charge in [-0.2, -0.15) is 30.7 Å². The third kappa shape index (κ3) is 4.15. The molecule has 9 heteroatoms. The molecule has 2 saturated carbocycles. The third-order valence-electron chi connectivity index (χ3n) is 9.07. The highest BCUT2D eigenvalue weighted by atomic mass is 19.4. The molecule has 1 N–H and O–H groups in total. The highest BCUT2D eigenvalue weighted by Gasteiger charge is 2.72. The molecule has 0 bridgehead atoms. The summed E-state index contributed by atoms with van der Waals surface area (Å²) in [5, 5.41) is 11.5. The van der Waals surface area contributed by atoms with Gasteiger partial charge in [0.2, 0.25) is 0 Å². The van der Waals surface area contributed by atoms with Crippen molar-refractivity contribution in [3.8, 4) is 5.75 Å². The third-order valence-corrected chi connectivity index (χ3v) is 9.07. The Morgan fingerprint density at radius 3 is 2.40 bits per heavy atom. The monoisotopic (exact) mass is 508 g/mol. The normalized spacial score (nSPS) is 33.4. The Bertz CT molecular complexity index is 973. The SMILES string of the molecule is COc1ccc2c(c1)CC[C@@H]1[C@@H]2CC[C@@]2(C)[C@H]1CC[C@@]2(O)C/C=C/CC(F)(F)C(F)(F)C(F)(F)F. The minimum atomic E-state index is -6.34. The number of ether oxygens (including phenoxy) is 1. The predicted molar refractivity (Wildman–Crippen MR) is 117 cm³/mol. The second-order valence-corrected chi connectivity index (χ2v) is 10.7. The minimum Gasteiger partial charge on any atom is -0.497 e. The number of aliphatic hydroxyl groups is 1. The molecule has 4 rings (SSSR count). The quantitative estimate of drug-likeness (QED) is 0.319. The Balaban J connectivity index is 1.46. The highest BCUT2D eigenvalue weighted by molar-refractivity contribution is 5.41. The number of alkyl halides is 7. The number of aryl methyl sites for hydroxylation is 1. The van der Waals surface area contributed by atoms with Gasteiger partial charge in [0.15, 0.2) is 0 Å². The van der Waals surface area contributed by atoms with Crippen LogP contribution in [0.3, 0.4) is 0 Å². The van der Waals surface area contributed by atoms with Gasteiger partial charge in [0.1, 0.15) is 5.75 Å². The molecule has 0 saturated heterocycles. The van der Waals surface area contributed by atoms with Crippen LogP contribution < -0.4 is 4.74 Å². The summed E-state index contributed by atoms with van der Waals surface area (Å²) in [4.78, 5) is 0. The summed E-state index contributed by atoms with van der Waals surface area (Å²) in [6.07, 6.45) is -1.71. The lowest BCUT2D eigenvalue weighted by Gasteiger charge is -2.53. The van der Waals surface area contributed by atoms with Gasteiger partial charge in [-0.15, -0.1) is 0 Å². The van der Waals surface area contributed by atoms with E-state index >= 15 is 0 Å². The molecule has 3 aliphatic rings. The van der Waals surface area contributed by atoms with Crippen LogP contribution in [0.4, 0.5) is 30.7 Å². The van der Waals surface area contributed by atoms with Gasteiger partial charge in [-0.05, 0) is 91.4 Å². The number of hydrogen-bond donors (Lipinski definition) is 1. The Morgan fingerprint density at radius 2 is 1.74 bits per heavy atom.